The van der Waals surface area contributed by atoms with Crippen molar-refractivity contribution >= 4 is 16.3 Å². The van der Waals surface area contributed by atoms with Crippen LogP contribution in [0.4, 0.5) is 4.79 Å². The second-order valence-electron chi connectivity index (χ2n) is 4.89. The number of rotatable bonds is 6. The van der Waals surface area contributed by atoms with Crippen LogP contribution in [0.25, 0.3) is 0 Å². The molecule has 1 fully saturated rings. The van der Waals surface area contributed by atoms with Crippen LogP contribution in [0.1, 0.15) is 39.5 Å². The van der Waals surface area contributed by atoms with Crippen molar-refractivity contribution in [2.24, 2.45) is 0 Å². The number of nitrogens with one attached hydrogen (secondary N) is 3. The van der Waals surface area contributed by atoms with Gasteiger partial charge in [-0.15, -0.1) is 0 Å². The van der Waals surface area contributed by atoms with Crippen LogP contribution >= 0.6 is 0 Å². The Balaban J connectivity index is 2.24. The van der Waals surface area contributed by atoms with E-state index in [2.05, 4.69) is 10.0 Å². The van der Waals surface area contributed by atoms with Gasteiger partial charge in [-0.2, -0.15) is 13.1 Å². The molecule has 0 aromatic rings. The number of piperidine rings is 1. The summed E-state index contributed by atoms with van der Waals surface area (Å²) in [6.07, 6.45) is 2.79. The number of hydrogen-bond donors (Lipinski definition) is 3. The summed E-state index contributed by atoms with van der Waals surface area (Å²) in [4.78, 5) is 11.2. The molecular weight excluding hydrogens is 270 g/mol. The fourth-order valence-electron chi connectivity index (χ4n) is 1.92. The second kappa shape index (κ2) is 7.66. The molecule has 3 N–H and O–H groups in total. The molecule has 7 nitrogen and oxygen atoms in total. The molecule has 1 saturated heterocycles. The van der Waals surface area contributed by atoms with E-state index in [1.807, 2.05) is 0 Å². The lowest BCUT2D eigenvalue weighted by molar-refractivity contribution is 0.121. The summed E-state index contributed by atoms with van der Waals surface area (Å²) in [6.45, 7) is 4.57. The highest BCUT2D eigenvalue weighted by Crippen LogP contribution is 2.09. The third-order valence-corrected chi connectivity index (χ3v) is 3.78. The molecule has 0 aromatic heterocycles. The molecule has 19 heavy (non-hydrogen) atoms. The number of amides is 1. The van der Waals surface area contributed by atoms with Crippen molar-refractivity contribution in [3.05, 3.63) is 0 Å². The average Bonchev–Trinajstić information content (AvgIpc) is 2.27. The number of ether oxygens (including phenoxy) is 1. The lowest BCUT2D eigenvalue weighted by Crippen LogP contribution is -2.43. The summed E-state index contributed by atoms with van der Waals surface area (Å²) in [5.41, 5.74) is 0. The molecule has 1 amide bonds. The van der Waals surface area contributed by atoms with Crippen molar-refractivity contribution in [1.82, 2.24) is 14.8 Å². The molecule has 1 unspecified atom stereocenters. The van der Waals surface area contributed by atoms with Crippen LogP contribution < -0.4 is 14.8 Å². The third kappa shape index (κ3) is 7.34. The molecule has 0 radical (unpaired) electrons. The highest BCUT2D eigenvalue weighted by atomic mass is 32.2. The Hall–Kier alpha value is -0.860. The van der Waals surface area contributed by atoms with Crippen LogP contribution in [0, 0.1) is 0 Å². The van der Waals surface area contributed by atoms with Gasteiger partial charge in [0.1, 0.15) is 0 Å². The standard InChI is InChI=1S/C11H23N3O4S/c1-9(2)18-11(15)14-19(16,17)13-8-6-10-5-3-4-7-12-10/h9-10,12-13H,3-8H2,1-2H3,(H,14,15). The van der Waals surface area contributed by atoms with Gasteiger partial charge in [-0.3, -0.25) is 0 Å². The fourth-order valence-corrected chi connectivity index (χ4v) is 2.65. The maximum absolute atomic E-state index is 11.5. The minimum atomic E-state index is -3.83. The fraction of sp³-hybridized carbons (Fsp3) is 0.909. The lowest BCUT2D eigenvalue weighted by atomic mass is 10.0. The summed E-state index contributed by atoms with van der Waals surface area (Å²) >= 11 is 0. The van der Waals surface area contributed by atoms with Gasteiger partial charge in [0.25, 0.3) is 0 Å². The molecule has 0 saturated carbocycles. The summed E-state index contributed by atoms with van der Waals surface area (Å²) < 4.78 is 31.9. The van der Waals surface area contributed by atoms with E-state index in [4.69, 9.17) is 4.74 Å². The number of carbonyl (C=O) groups is 1. The zero-order valence-corrected chi connectivity index (χ0v) is 12.3. The monoisotopic (exact) mass is 293 g/mol. The van der Waals surface area contributed by atoms with E-state index >= 15 is 0 Å². The predicted octanol–water partition coefficient (Wildman–Crippen LogP) is 0.488. The molecular formula is C11H23N3O4S. The van der Waals surface area contributed by atoms with Crippen LogP contribution in [-0.4, -0.2) is 39.7 Å². The molecule has 0 aromatic carbocycles. The van der Waals surface area contributed by atoms with Gasteiger partial charge < -0.3 is 10.1 Å². The van der Waals surface area contributed by atoms with E-state index < -0.39 is 16.3 Å². The molecule has 1 atom stereocenters. The Kier molecular flexibility index (Phi) is 6.53. The molecule has 0 bridgehead atoms. The first-order chi connectivity index (χ1) is 8.89. The molecule has 0 aliphatic carbocycles. The highest BCUT2D eigenvalue weighted by Gasteiger charge is 2.17. The normalized spacial score (nSPS) is 20.3. The van der Waals surface area contributed by atoms with Crippen molar-refractivity contribution in [3.63, 3.8) is 0 Å². The minimum absolute atomic E-state index is 0.294. The summed E-state index contributed by atoms with van der Waals surface area (Å²) in [5, 5.41) is 3.33. The largest absolute Gasteiger partial charge is 0.446 e. The Bertz CT molecular complexity index is 377. The van der Waals surface area contributed by atoms with E-state index in [0.717, 1.165) is 13.0 Å². The Morgan fingerprint density at radius 2 is 2.16 bits per heavy atom. The van der Waals surface area contributed by atoms with Crippen LogP contribution in [0.15, 0.2) is 0 Å². The van der Waals surface area contributed by atoms with Gasteiger partial charge in [0.05, 0.1) is 6.10 Å². The number of hydrogen-bond acceptors (Lipinski definition) is 5. The Labute approximate surface area is 114 Å². The predicted molar refractivity (Wildman–Crippen MR) is 71.9 cm³/mol. The maximum Gasteiger partial charge on any atom is 0.422 e. The summed E-state index contributed by atoms with van der Waals surface area (Å²) in [7, 11) is -3.83. The lowest BCUT2D eigenvalue weighted by Gasteiger charge is -2.23. The van der Waals surface area contributed by atoms with Gasteiger partial charge in [0, 0.05) is 12.6 Å². The zero-order valence-electron chi connectivity index (χ0n) is 11.4. The first-order valence-corrected chi connectivity index (χ1v) is 8.09. The molecule has 8 heteroatoms. The van der Waals surface area contributed by atoms with Crippen molar-refractivity contribution in [2.75, 3.05) is 13.1 Å². The van der Waals surface area contributed by atoms with E-state index in [0.29, 0.717) is 19.0 Å². The van der Waals surface area contributed by atoms with E-state index in [1.54, 1.807) is 18.6 Å². The van der Waals surface area contributed by atoms with Gasteiger partial charge in [0.15, 0.2) is 0 Å². The van der Waals surface area contributed by atoms with E-state index in [-0.39, 0.29) is 6.10 Å². The zero-order chi connectivity index (χ0) is 14.3. The van der Waals surface area contributed by atoms with Crippen LogP contribution in [-0.2, 0) is 14.9 Å². The third-order valence-electron chi connectivity index (χ3n) is 2.76. The first kappa shape index (κ1) is 16.2. The van der Waals surface area contributed by atoms with E-state index in [1.165, 1.54) is 12.8 Å². The maximum atomic E-state index is 11.5. The van der Waals surface area contributed by atoms with Crippen LogP contribution in [0.5, 0.6) is 0 Å². The van der Waals surface area contributed by atoms with Gasteiger partial charge in [-0.1, -0.05) is 6.42 Å². The van der Waals surface area contributed by atoms with Gasteiger partial charge in [-0.05, 0) is 39.7 Å². The first-order valence-electron chi connectivity index (χ1n) is 6.60. The van der Waals surface area contributed by atoms with Crippen molar-refractivity contribution in [3.8, 4) is 0 Å². The summed E-state index contributed by atoms with van der Waals surface area (Å²) in [5.74, 6) is 0. The minimum Gasteiger partial charge on any atom is -0.446 e. The van der Waals surface area contributed by atoms with Gasteiger partial charge in [-0.25, -0.2) is 9.52 Å². The molecule has 0 spiro atoms. The topological polar surface area (TPSA) is 96.5 Å². The quantitative estimate of drug-likeness (QED) is 0.662. The molecule has 1 aliphatic heterocycles. The highest BCUT2D eigenvalue weighted by molar-refractivity contribution is 7.88. The molecule has 1 heterocycles. The van der Waals surface area contributed by atoms with E-state index in [9.17, 15) is 13.2 Å². The summed E-state index contributed by atoms with van der Waals surface area (Å²) in [6, 6.07) is 0.346. The van der Waals surface area contributed by atoms with Crippen LogP contribution in [0.3, 0.4) is 0 Å². The van der Waals surface area contributed by atoms with Crippen molar-refractivity contribution in [2.45, 2.75) is 51.7 Å². The Morgan fingerprint density at radius 1 is 1.42 bits per heavy atom. The average molecular weight is 293 g/mol. The van der Waals surface area contributed by atoms with Gasteiger partial charge >= 0.3 is 16.3 Å². The second-order valence-corrected chi connectivity index (χ2v) is 6.39. The van der Waals surface area contributed by atoms with Crippen LogP contribution in [0.2, 0.25) is 0 Å². The molecule has 1 rings (SSSR count). The Morgan fingerprint density at radius 3 is 2.74 bits per heavy atom. The number of carbonyl (C=O) groups excluding carboxylic acids is 1. The SMILES string of the molecule is CC(C)OC(=O)NS(=O)(=O)NCCC1CCCCN1. The smallest absolute Gasteiger partial charge is 0.422 e. The molecule has 112 valence electrons. The van der Waals surface area contributed by atoms with Crippen molar-refractivity contribution < 1.29 is 17.9 Å². The van der Waals surface area contributed by atoms with Crippen molar-refractivity contribution in [1.29, 1.82) is 0 Å². The van der Waals surface area contributed by atoms with Gasteiger partial charge in [0.2, 0.25) is 0 Å². The molecule has 1 aliphatic rings.